The quantitative estimate of drug-likeness (QED) is 0.570. The predicted molar refractivity (Wildman–Crippen MR) is 61.4 cm³/mol. The van der Waals surface area contributed by atoms with Crippen LogP contribution in [-0.4, -0.2) is 18.1 Å². The van der Waals surface area contributed by atoms with E-state index >= 15 is 0 Å². The lowest BCUT2D eigenvalue weighted by Crippen LogP contribution is -2.21. The molecule has 0 aromatic carbocycles. The largest absolute Gasteiger partial charge is 0.502 e. The van der Waals surface area contributed by atoms with Crippen LogP contribution in [0, 0.1) is 5.82 Å². The second-order valence-electron chi connectivity index (χ2n) is 3.50. The highest BCUT2D eigenvalue weighted by atomic mass is 19.1. The predicted octanol–water partition coefficient (Wildman–Crippen LogP) is 2.42. The number of ether oxygens (including phenoxy) is 1. The number of hydrogen-bond donors (Lipinski definition) is 1. The Bertz CT molecular complexity index is 331. The first kappa shape index (κ1) is 12.6. The molecule has 3 nitrogen and oxygen atoms in total. The van der Waals surface area contributed by atoms with E-state index in [4.69, 9.17) is 4.74 Å². The summed E-state index contributed by atoms with van der Waals surface area (Å²) in [5.74, 6) is -0.304. The molecule has 4 heteroatoms. The molecule has 88 valence electrons. The van der Waals surface area contributed by atoms with E-state index in [0.717, 1.165) is 18.5 Å². The summed E-state index contributed by atoms with van der Waals surface area (Å²) in [6.45, 7) is 6.89. The lowest BCUT2D eigenvalue weighted by atomic mass is 10.1. The van der Waals surface area contributed by atoms with E-state index in [2.05, 4.69) is 16.9 Å². The van der Waals surface area contributed by atoms with Gasteiger partial charge in [0.2, 0.25) is 0 Å². The summed E-state index contributed by atoms with van der Waals surface area (Å²) in [6.07, 6.45) is 5.19. The van der Waals surface area contributed by atoms with E-state index in [1.54, 1.807) is 6.20 Å². The molecule has 0 bridgehead atoms. The molecular formula is C12H17FN2O. The van der Waals surface area contributed by atoms with Crippen LogP contribution in [0.5, 0.6) is 0 Å². The molecule has 1 aromatic heterocycles. The van der Waals surface area contributed by atoms with Crippen molar-refractivity contribution in [3.8, 4) is 0 Å². The molecule has 1 atom stereocenters. The molecule has 16 heavy (non-hydrogen) atoms. The van der Waals surface area contributed by atoms with Crippen molar-refractivity contribution < 1.29 is 9.13 Å². The number of rotatable bonds is 7. The fourth-order valence-corrected chi connectivity index (χ4v) is 1.34. The minimum Gasteiger partial charge on any atom is -0.502 e. The molecule has 1 N–H and O–H groups in total. The van der Waals surface area contributed by atoms with Crippen LogP contribution in [0.1, 0.15) is 24.9 Å². The van der Waals surface area contributed by atoms with Crippen molar-refractivity contribution in [3.05, 3.63) is 42.7 Å². The Kier molecular flexibility index (Phi) is 5.50. The number of halogens is 1. The lowest BCUT2D eigenvalue weighted by Gasteiger charge is -2.13. The zero-order chi connectivity index (χ0) is 11.8. The van der Waals surface area contributed by atoms with Crippen molar-refractivity contribution in [2.45, 2.75) is 19.4 Å². The molecule has 1 unspecified atom stereocenters. The summed E-state index contributed by atoms with van der Waals surface area (Å²) >= 11 is 0. The third-order valence-corrected chi connectivity index (χ3v) is 2.23. The maximum Gasteiger partial charge on any atom is 0.141 e. The van der Waals surface area contributed by atoms with E-state index in [9.17, 15) is 4.39 Å². The van der Waals surface area contributed by atoms with Gasteiger partial charge in [-0.3, -0.25) is 4.98 Å². The van der Waals surface area contributed by atoms with Crippen LogP contribution < -0.4 is 5.32 Å². The monoisotopic (exact) mass is 224 g/mol. The molecule has 0 aliphatic heterocycles. The molecule has 1 heterocycles. The van der Waals surface area contributed by atoms with Crippen LogP contribution in [0.15, 0.2) is 31.3 Å². The molecule has 0 spiro atoms. The first-order valence-corrected chi connectivity index (χ1v) is 5.30. The molecule has 1 aromatic rings. The van der Waals surface area contributed by atoms with Crippen molar-refractivity contribution in [1.82, 2.24) is 10.3 Å². The standard InChI is InChI=1S/C12H17FN2O/c1-3-16-6-4-5-15-10(2)11-7-12(13)9-14-8-11/h3,7-10,15H,1,4-6H2,2H3. The molecule has 0 fully saturated rings. The van der Waals surface area contributed by atoms with E-state index in [0.29, 0.717) is 6.61 Å². The number of hydrogen-bond acceptors (Lipinski definition) is 3. The normalized spacial score (nSPS) is 12.1. The Hall–Kier alpha value is -1.42. The van der Waals surface area contributed by atoms with Crippen molar-refractivity contribution >= 4 is 0 Å². The summed E-state index contributed by atoms with van der Waals surface area (Å²) in [5, 5.41) is 3.26. The van der Waals surface area contributed by atoms with E-state index in [1.807, 2.05) is 6.92 Å². The number of nitrogens with one attached hydrogen (secondary N) is 1. The van der Waals surface area contributed by atoms with Gasteiger partial charge in [-0.05, 0) is 31.5 Å². The van der Waals surface area contributed by atoms with Gasteiger partial charge in [-0.25, -0.2) is 4.39 Å². The van der Waals surface area contributed by atoms with Gasteiger partial charge in [0.1, 0.15) is 5.82 Å². The Balaban J connectivity index is 2.29. The molecule has 0 saturated heterocycles. The van der Waals surface area contributed by atoms with Gasteiger partial charge in [-0.2, -0.15) is 0 Å². The van der Waals surface area contributed by atoms with Crippen molar-refractivity contribution in [1.29, 1.82) is 0 Å². The molecule has 0 aliphatic carbocycles. The van der Waals surface area contributed by atoms with Crippen LogP contribution >= 0.6 is 0 Å². The van der Waals surface area contributed by atoms with Crippen LogP contribution in [0.25, 0.3) is 0 Å². The number of pyridine rings is 1. The molecule has 0 aliphatic rings. The lowest BCUT2D eigenvalue weighted by molar-refractivity contribution is 0.243. The van der Waals surface area contributed by atoms with Crippen LogP contribution in [0.3, 0.4) is 0 Å². The van der Waals surface area contributed by atoms with Gasteiger partial charge in [0.15, 0.2) is 0 Å². The fraction of sp³-hybridized carbons (Fsp3) is 0.417. The molecule has 1 rings (SSSR count). The average Bonchev–Trinajstić information content (AvgIpc) is 2.28. The zero-order valence-electron chi connectivity index (χ0n) is 9.45. The first-order chi connectivity index (χ1) is 7.74. The van der Waals surface area contributed by atoms with Crippen molar-refractivity contribution in [2.75, 3.05) is 13.2 Å². The number of nitrogens with zero attached hydrogens (tertiary/aromatic N) is 1. The third-order valence-electron chi connectivity index (χ3n) is 2.23. The highest BCUT2D eigenvalue weighted by Gasteiger charge is 2.05. The van der Waals surface area contributed by atoms with Crippen molar-refractivity contribution in [3.63, 3.8) is 0 Å². The Morgan fingerprint density at radius 1 is 1.62 bits per heavy atom. The topological polar surface area (TPSA) is 34.1 Å². The second kappa shape index (κ2) is 6.95. The maximum absolute atomic E-state index is 12.9. The van der Waals surface area contributed by atoms with Crippen LogP contribution in [0.2, 0.25) is 0 Å². The van der Waals surface area contributed by atoms with Gasteiger partial charge in [0.05, 0.1) is 19.1 Å². The second-order valence-corrected chi connectivity index (χ2v) is 3.50. The van der Waals surface area contributed by atoms with Gasteiger partial charge in [0.25, 0.3) is 0 Å². The van der Waals surface area contributed by atoms with Gasteiger partial charge in [-0.15, -0.1) is 0 Å². The van der Waals surface area contributed by atoms with E-state index in [1.165, 1.54) is 18.5 Å². The van der Waals surface area contributed by atoms with Gasteiger partial charge in [-0.1, -0.05) is 6.58 Å². The first-order valence-electron chi connectivity index (χ1n) is 5.30. The fourth-order valence-electron chi connectivity index (χ4n) is 1.34. The summed E-state index contributed by atoms with van der Waals surface area (Å²) in [6, 6.07) is 1.58. The maximum atomic E-state index is 12.9. The van der Waals surface area contributed by atoms with Gasteiger partial charge < -0.3 is 10.1 Å². The summed E-state index contributed by atoms with van der Waals surface area (Å²) in [4.78, 5) is 3.81. The minimum atomic E-state index is -0.304. The van der Waals surface area contributed by atoms with Crippen LogP contribution in [-0.2, 0) is 4.74 Å². The summed E-state index contributed by atoms with van der Waals surface area (Å²) in [5.41, 5.74) is 0.852. The Morgan fingerprint density at radius 2 is 2.44 bits per heavy atom. The molecule has 0 amide bonds. The molecular weight excluding hydrogens is 207 g/mol. The average molecular weight is 224 g/mol. The smallest absolute Gasteiger partial charge is 0.141 e. The van der Waals surface area contributed by atoms with E-state index < -0.39 is 0 Å². The SMILES string of the molecule is C=COCCCNC(C)c1cncc(F)c1. The number of aromatic nitrogens is 1. The Morgan fingerprint density at radius 3 is 3.12 bits per heavy atom. The molecule has 0 radical (unpaired) electrons. The van der Waals surface area contributed by atoms with Crippen molar-refractivity contribution in [2.24, 2.45) is 0 Å². The summed E-state index contributed by atoms with van der Waals surface area (Å²) in [7, 11) is 0. The molecule has 0 saturated carbocycles. The minimum absolute atomic E-state index is 0.0898. The Labute approximate surface area is 95.3 Å². The van der Waals surface area contributed by atoms with Gasteiger partial charge >= 0.3 is 0 Å². The highest BCUT2D eigenvalue weighted by molar-refractivity contribution is 5.14. The van der Waals surface area contributed by atoms with E-state index in [-0.39, 0.29) is 11.9 Å². The highest BCUT2D eigenvalue weighted by Crippen LogP contribution is 2.11. The zero-order valence-corrected chi connectivity index (χ0v) is 9.45. The third kappa shape index (κ3) is 4.40. The van der Waals surface area contributed by atoms with Gasteiger partial charge in [0, 0.05) is 12.2 Å². The summed E-state index contributed by atoms with van der Waals surface area (Å²) < 4.78 is 17.9. The van der Waals surface area contributed by atoms with Crippen LogP contribution in [0.4, 0.5) is 4.39 Å².